The van der Waals surface area contributed by atoms with Crippen LogP contribution < -0.4 is 10.6 Å². The molecule has 0 aliphatic carbocycles. The molecule has 2 N–H and O–H groups in total. The lowest BCUT2D eigenvalue weighted by atomic mass is 10.1. The molecular weight excluding hydrogens is 264 g/mol. The van der Waals surface area contributed by atoms with Crippen LogP contribution in [0.15, 0.2) is 11.6 Å². The van der Waals surface area contributed by atoms with Gasteiger partial charge in [-0.2, -0.15) is 0 Å². The fourth-order valence-corrected chi connectivity index (χ4v) is 2.78. The zero-order chi connectivity index (χ0) is 13.8. The number of hydrogen-bond acceptors (Lipinski definition) is 4. The number of carbonyl (C=O) groups is 2. The number of thiazole rings is 1. The normalized spacial score (nSPS) is 16.6. The van der Waals surface area contributed by atoms with Gasteiger partial charge in [0.2, 0.25) is 5.91 Å². The van der Waals surface area contributed by atoms with Crippen LogP contribution in [0.1, 0.15) is 31.3 Å². The highest BCUT2D eigenvalue weighted by atomic mass is 32.1. The first-order chi connectivity index (χ1) is 9.10. The average molecular weight is 282 g/mol. The van der Waals surface area contributed by atoms with E-state index in [9.17, 15) is 9.59 Å². The Morgan fingerprint density at radius 2 is 2.32 bits per heavy atom. The van der Waals surface area contributed by atoms with Gasteiger partial charge in [0, 0.05) is 31.6 Å². The average Bonchev–Trinajstić information content (AvgIpc) is 2.83. The van der Waals surface area contributed by atoms with Crippen LogP contribution in [0.2, 0.25) is 0 Å². The molecule has 0 saturated carbocycles. The summed E-state index contributed by atoms with van der Waals surface area (Å²) in [6.07, 6.45) is 2.55. The van der Waals surface area contributed by atoms with Crippen LogP contribution in [0, 0.1) is 0 Å². The monoisotopic (exact) mass is 282 g/mol. The second-order valence-electron chi connectivity index (χ2n) is 4.58. The Hall–Kier alpha value is -1.63. The van der Waals surface area contributed by atoms with Crippen molar-refractivity contribution in [3.05, 3.63) is 16.6 Å². The number of nitrogens with one attached hydrogen (secondary N) is 2. The van der Waals surface area contributed by atoms with Crippen molar-refractivity contribution in [1.29, 1.82) is 0 Å². The molecule has 2 rings (SSSR count). The van der Waals surface area contributed by atoms with E-state index in [1.165, 1.54) is 6.92 Å². The topological polar surface area (TPSA) is 74.3 Å². The van der Waals surface area contributed by atoms with Gasteiger partial charge in [0.15, 0.2) is 0 Å². The summed E-state index contributed by atoms with van der Waals surface area (Å²) in [7, 11) is 0. The standard InChI is InChI=1S/C12H18N4O2S/c1-3-10(11-13-4-5-19-11)15-12(18)16-6-9(7-16)14-8(2)17/h4-5,9-10H,3,6-7H2,1-2H3,(H,14,17)(H,15,18)/t10-/m0/s1. The highest BCUT2D eigenvalue weighted by Gasteiger charge is 2.32. The molecule has 1 aromatic heterocycles. The SMILES string of the molecule is CC[C@H](NC(=O)N1CC(NC(C)=O)C1)c1nccs1. The molecule has 0 unspecified atom stereocenters. The number of likely N-dealkylation sites (tertiary alicyclic amines) is 1. The number of hydrogen-bond donors (Lipinski definition) is 2. The van der Waals surface area contributed by atoms with Crippen LogP contribution in [0.5, 0.6) is 0 Å². The van der Waals surface area contributed by atoms with E-state index in [1.54, 1.807) is 22.4 Å². The summed E-state index contributed by atoms with van der Waals surface area (Å²) < 4.78 is 0. The molecule has 1 aromatic rings. The molecule has 0 radical (unpaired) electrons. The maximum Gasteiger partial charge on any atom is 0.318 e. The van der Waals surface area contributed by atoms with Gasteiger partial charge in [0.25, 0.3) is 0 Å². The number of carbonyl (C=O) groups excluding carboxylic acids is 2. The van der Waals surface area contributed by atoms with Gasteiger partial charge in [-0.15, -0.1) is 11.3 Å². The van der Waals surface area contributed by atoms with Crippen LogP contribution >= 0.6 is 11.3 Å². The number of aromatic nitrogens is 1. The lowest BCUT2D eigenvalue weighted by molar-refractivity contribution is -0.120. The minimum Gasteiger partial charge on any atom is -0.350 e. The van der Waals surface area contributed by atoms with Crippen molar-refractivity contribution in [3.8, 4) is 0 Å². The summed E-state index contributed by atoms with van der Waals surface area (Å²) >= 11 is 1.54. The smallest absolute Gasteiger partial charge is 0.318 e. The third-order valence-electron chi connectivity index (χ3n) is 3.03. The molecule has 2 heterocycles. The molecule has 1 atom stereocenters. The van der Waals surface area contributed by atoms with E-state index in [4.69, 9.17) is 0 Å². The molecule has 0 aromatic carbocycles. The predicted octanol–water partition coefficient (Wildman–Crippen LogP) is 1.12. The molecule has 7 heteroatoms. The molecule has 1 fully saturated rings. The van der Waals surface area contributed by atoms with Gasteiger partial charge < -0.3 is 15.5 Å². The van der Waals surface area contributed by atoms with Gasteiger partial charge in [-0.1, -0.05) is 6.92 Å². The summed E-state index contributed by atoms with van der Waals surface area (Å²) in [5, 5.41) is 8.58. The summed E-state index contributed by atoms with van der Waals surface area (Å²) in [6, 6.07) is -0.0424. The van der Waals surface area contributed by atoms with Gasteiger partial charge in [0.05, 0.1) is 12.1 Å². The number of amides is 3. The molecule has 3 amide bonds. The fourth-order valence-electron chi connectivity index (χ4n) is 2.01. The Morgan fingerprint density at radius 3 is 2.84 bits per heavy atom. The maximum atomic E-state index is 12.0. The minimum absolute atomic E-state index is 0.0349. The number of rotatable bonds is 4. The first-order valence-corrected chi connectivity index (χ1v) is 7.20. The second-order valence-corrected chi connectivity index (χ2v) is 5.51. The van der Waals surface area contributed by atoms with E-state index in [2.05, 4.69) is 15.6 Å². The summed E-state index contributed by atoms with van der Waals surface area (Å²) in [5.74, 6) is -0.0562. The maximum absolute atomic E-state index is 12.0. The third-order valence-corrected chi connectivity index (χ3v) is 3.92. The van der Waals surface area contributed by atoms with Gasteiger partial charge >= 0.3 is 6.03 Å². The van der Waals surface area contributed by atoms with E-state index < -0.39 is 0 Å². The van der Waals surface area contributed by atoms with Crippen molar-refractivity contribution in [1.82, 2.24) is 20.5 Å². The zero-order valence-corrected chi connectivity index (χ0v) is 11.9. The van der Waals surface area contributed by atoms with Gasteiger partial charge in [-0.05, 0) is 6.42 Å². The molecule has 19 heavy (non-hydrogen) atoms. The fraction of sp³-hybridized carbons (Fsp3) is 0.583. The molecular formula is C12H18N4O2S. The molecule has 6 nitrogen and oxygen atoms in total. The van der Waals surface area contributed by atoms with Crippen molar-refractivity contribution in [2.75, 3.05) is 13.1 Å². The Labute approximate surface area is 116 Å². The highest BCUT2D eigenvalue weighted by molar-refractivity contribution is 7.09. The second kappa shape index (κ2) is 6.01. The Bertz CT molecular complexity index is 443. The summed E-state index contributed by atoms with van der Waals surface area (Å²) in [6.45, 7) is 4.64. The van der Waals surface area contributed by atoms with E-state index in [0.29, 0.717) is 13.1 Å². The Morgan fingerprint density at radius 1 is 1.58 bits per heavy atom. The quantitative estimate of drug-likeness (QED) is 0.869. The Kier molecular flexibility index (Phi) is 4.36. The Balaban J connectivity index is 1.80. The van der Waals surface area contributed by atoms with E-state index >= 15 is 0 Å². The van der Waals surface area contributed by atoms with Crippen molar-refractivity contribution >= 4 is 23.3 Å². The number of nitrogens with zero attached hydrogens (tertiary/aromatic N) is 2. The van der Waals surface area contributed by atoms with E-state index in [1.807, 2.05) is 12.3 Å². The van der Waals surface area contributed by atoms with E-state index in [-0.39, 0.29) is 24.0 Å². The van der Waals surface area contributed by atoms with Crippen molar-refractivity contribution in [3.63, 3.8) is 0 Å². The van der Waals surface area contributed by atoms with E-state index in [0.717, 1.165) is 11.4 Å². The van der Waals surface area contributed by atoms with Crippen LogP contribution in [0.4, 0.5) is 4.79 Å². The minimum atomic E-state index is -0.0938. The van der Waals surface area contributed by atoms with Gasteiger partial charge in [-0.25, -0.2) is 9.78 Å². The molecule has 1 aliphatic rings. The molecule has 1 aliphatic heterocycles. The number of urea groups is 1. The first kappa shape index (κ1) is 13.8. The first-order valence-electron chi connectivity index (χ1n) is 6.32. The van der Waals surface area contributed by atoms with Crippen LogP contribution in [0.3, 0.4) is 0 Å². The van der Waals surface area contributed by atoms with Crippen molar-refractivity contribution < 1.29 is 9.59 Å². The van der Waals surface area contributed by atoms with Crippen molar-refractivity contribution in [2.45, 2.75) is 32.4 Å². The van der Waals surface area contributed by atoms with Crippen molar-refractivity contribution in [2.24, 2.45) is 0 Å². The van der Waals surface area contributed by atoms with Crippen LogP contribution in [-0.2, 0) is 4.79 Å². The summed E-state index contributed by atoms with van der Waals surface area (Å²) in [4.78, 5) is 28.8. The predicted molar refractivity (Wildman–Crippen MR) is 72.9 cm³/mol. The zero-order valence-electron chi connectivity index (χ0n) is 11.0. The lowest BCUT2D eigenvalue weighted by Crippen LogP contribution is -2.62. The van der Waals surface area contributed by atoms with Gasteiger partial charge in [0.1, 0.15) is 5.01 Å². The molecule has 104 valence electrons. The van der Waals surface area contributed by atoms with Crippen LogP contribution in [0.25, 0.3) is 0 Å². The molecule has 0 spiro atoms. The summed E-state index contributed by atoms with van der Waals surface area (Å²) in [5.41, 5.74) is 0. The van der Waals surface area contributed by atoms with Gasteiger partial charge in [-0.3, -0.25) is 4.79 Å². The highest BCUT2D eigenvalue weighted by Crippen LogP contribution is 2.19. The molecule has 0 bridgehead atoms. The van der Waals surface area contributed by atoms with Crippen LogP contribution in [-0.4, -0.2) is 41.0 Å². The third kappa shape index (κ3) is 3.44. The largest absolute Gasteiger partial charge is 0.350 e. The lowest BCUT2D eigenvalue weighted by Gasteiger charge is -2.39. The molecule has 1 saturated heterocycles.